The van der Waals surface area contributed by atoms with Crippen LogP contribution < -0.4 is 0 Å². The summed E-state index contributed by atoms with van der Waals surface area (Å²) in [6.45, 7) is 0. The molecule has 0 aliphatic heterocycles. The summed E-state index contributed by atoms with van der Waals surface area (Å²) in [6, 6.07) is 86.8. The molecule has 0 fully saturated rings. The molecule has 0 spiro atoms. The fraction of sp³-hybridized carbons (Fsp3) is 0.0270. The Balaban J connectivity index is 0.897. The van der Waals surface area contributed by atoms with Gasteiger partial charge < -0.3 is 0 Å². The van der Waals surface area contributed by atoms with Crippen LogP contribution in [0.3, 0.4) is 0 Å². The Bertz CT molecular complexity index is 4090. The highest BCUT2D eigenvalue weighted by Gasteiger charge is 2.26. The fourth-order valence-electron chi connectivity index (χ4n) is 11.5. The van der Waals surface area contributed by atoms with Crippen molar-refractivity contribution >= 4 is 56.6 Å². The lowest BCUT2D eigenvalue weighted by Gasteiger charge is -2.29. The Labute approximate surface area is 434 Å². The second-order valence-corrected chi connectivity index (χ2v) is 19.5. The predicted octanol–water partition coefficient (Wildman–Crippen LogP) is 20.1. The van der Waals surface area contributed by atoms with Gasteiger partial charge in [0.15, 0.2) is 0 Å². The molecular formula is C74H52. The van der Waals surface area contributed by atoms with Crippen molar-refractivity contribution in [3.63, 3.8) is 0 Å². The molecule has 13 rings (SSSR count). The first-order valence-corrected chi connectivity index (χ1v) is 25.8. The van der Waals surface area contributed by atoms with Crippen molar-refractivity contribution in [1.82, 2.24) is 0 Å². The summed E-state index contributed by atoms with van der Waals surface area (Å²) < 4.78 is 0. The van der Waals surface area contributed by atoms with Crippen LogP contribution in [0.4, 0.5) is 0 Å². The van der Waals surface area contributed by atoms with E-state index in [1.165, 1.54) is 110 Å². The molecule has 0 saturated heterocycles. The lowest BCUT2D eigenvalue weighted by atomic mass is 9.75. The van der Waals surface area contributed by atoms with Crippen LogP contribution in [-0.2, 0) is 0 Å². The highest BCUT2D eigenvalue weighted by Crippen LogP contribution is 2.46. The Hall–Kier alpha value is -9.36. The van der Waals surface area contributed by atoms with E-state index in [9.17, 15) is 0 Å². The highest BCUT2D eigenvalue weighted by molar-refractivity contribution is 6.22. The Morgan fingerprint density at radius 3 is 1.57 bits per heavy atom. The monoisotopic (exact) mass is 940 g/mol. The van der Waals surface area contributed by atoms with Crippen molar-refractivity contribution in [3.8, 4) is 55.6 Å². The molecule has 2 aliphatic rings. The Morgan fingerprint density at radius 1 is 0.297 bits per heavy atom. The van der Waals surface area contributed by atoms with Crippen molar-refractivity contribution < 1.29 is 0 Å². The molecule has 348 valence electrons. The van der Waals surface area contributed by atoms with Crippen LogP contribution in [0.2, 0.25) is 0 Å². The summed E-state index contributed by atoms with van der Waals surface area (Å²) >= 11 is 0. The van der Waals surface area contributed by atoms with Crippen LogP contribution in [0.1, 0.15) is 33.7 Å². The molecule has 11 aromatic rings. The molecule has 0 bridgehead atoms. The van der Waals surface area contributed by atoms with Crippen molar-refractivity contribution in [3.05, 3.63) is 313 Å². The van der Waals surface area contributed by atoms with E-state index in [4.69, 9.17) is 0 Å². The predicted molar refractivity (Wildman–Crippen MR) is 319 cm³/mol. The smallest absolute Gasteiger partial charge is 0.0131 e. The van der Waals surface area contributed by atoms with Gasteiger partial charge in [0.1, 0.15) is 0 Å². The largest absolute Gasteiger partial charge is 0.0761 e. The summed E-state index contributed by atoms with van der Waals surface area (Å²) in [5.41, 5.74) is 19.7. The SMILES string of the molecule is C1=CC2=CC=CC(c3ccccc3/C=C/c3ccc(-c4c5ccccc5c(-c5ccc(/C=C/c6ccccc6-c6cccc7ccccc67)cc5)c5ccc(-c6ccccc6-c6ccccc6)cc45)cc3)C2C=C1. The van der Waals surface area contributed by atoms with Crippen LogP contribution >= 0.6 is 0 Å². The van der Waals surface area contributed by atoms with E-state index >= 15 is 0 Å². The van der Waals surface area contributed by atoms with Gasteiger partial charge in [0.2, 0.25) is 0 Å². The molecule has 2 aliphatic carbocycles. The van der Waals surface area contributed by atoms with Gasteiger partial charge in [-0.2, -0.15) is 0 Å². The number of allylic oxidation sites excluding steroid dienone is 8. The molecule has 0 aromatic heterocycles. The zero-order chi connectivity index (χ0) is 49.2. The fourth-order valence-corrected chi connectivity index (χ4v) is 11.5. The summed E-state index contributed by atoms with van der Waals surface area (Å²) in [5.74, 6) is 0.637. The maximum absolute atomic E-state index is 2.44. The van der Waals surface area contributed by atoms with Crippen molar-refractivity contribution in [1.29, 1.82) is 0 Å². The maximum atomic E-state index is 2.44. The third kappa shape index (κ3) is 8.47. The standard InChI is InChI=1S/C74H52/c1-2-18-53(19-3-1)61-26-12-13-31-66(61)60-48-49-71-72(50-60)74(59-46-40-52(41-47-59)37-43-57-23-7-11-30-65(57)68-35-17-25-55-21-5-9-28-63(55)68)70-33-15-14-32-69(70)73(71)58-44-38-51(39-45-58)36-42-56-22-6-10-29-64(56)67-34-16-24-54-20-4-8-27-62(54)67/h1-50,63,68H/b42-36+,43-37+. The van der Waals surface area contributed by atoms with Crippen molar-refractivity contribution in [2.24, 2.45) is 5.92 Å². The average Bonchev–Trinajstić information content (AvgIpc) is 3.48. The molecular weight excluding hydrogens is 889 g/mol. The number of hydrogen-bond donors (Lipinski definition) is 0. The number of hydrogen-bond acceptors (Lipinski definition) is 0. The molecule has 2 atom stereocenters. The lowest BCUT2D eigenvalue weighted by molar-refractivity contribution is 0.669. The summed E-state index contributed by atoms with van der Waals surface area (Å²) in [6.07, 6.45) is 24.8. The Morgan fingerprint density at radius 2 is 0.824 bits per heavy atom. The number of rotatable bonds is 10. The Kier molecular flexibility index (Phi) is 11.9. The van der Waals surface area contributed by atoms with Crippen LogP contribution in [0.15, 0.2) is 285 Å². The van der Waals surface area contributed by atoms with Gasteiger partial charge in [0, 0.05) is 11.8 Å². The van der Waals surface area contributed by atoms with Crippen LogP contribution in [0, 0.1) is 5.92 Å². The number of benzene rings is 11. The second-order valence-electron chi connectivity index (χ2n) is 19.5. The van der Waals surface area contributed by atoms with Gasteiger partial charge in [-0.25, -0.2) is 0 Å². The maximum Gasteiger partial charge on any atom is 0.0131 e. The molecule has 0 heteroatoms. The van der Waals surface area contributed by atoms with Gasteiger partial charge in [-0.3, -0.25) is 0 Å². The van der Waals surface area contributed by atoms with Crippen LogP contribution in [0.5, 0.6) is 0 Å². The first-order chi connectivity index (χ1) is 36.7. The summed E-state index contributed by atoms with van der Waals surface area (Å²) in [5, 5.41) is 7.43. The van der Waals surface area contributed by atoms with Gasteiger partial charge in [-0.15, -0.1) is 0 Å². The van der Waals surface area contributed by atoms with Gasteiger partial charge in [-0.1, -0.05) is 297 Å². The van der Waals surface area contributed by atoms with E-state index in [1.54, 1.807) is 0 Å². The molecule has 2 unspecified atom stereocenters. The van der Waals surface area contributed by atoms with Crippen molar-refractivity contribution in [2.45, 2.75) is 5.92 Å². The third-order valence-electron chi connectivity index (χ3n) is 15.1. The minimum Gasteiger partial charge on any atom is -0.0761 e. The van der Waals surface area contributed by atoms with E-state index in [0.29, 0.717) is 11.8 Å². The van der Waals surface area contributed by atoms with E-state index in [2.05, 4.69) is 303 Å². The zero-order valence-electron chi connectivity index (χ0n) is 41.0. The normalized spacial score (nSPS) is 15.1. The second kappa shape index (κ2) is 19.7. The number of fused-ring (bicyclic) bond motifs is 4. The molecule has 0 radical (unpaired) electrons. The van der Waals surface area contributed by atoms with Crippen molar-refractivity contribution in [2.75, 3.05) is 0 Å². The highest BCUT2D eigenvalue weighted by atomic mass is 14.3. The van der Waals surface area contributed by atoms with Gasteiger partial charge in [0.05, 0.1) is 0 Å². The van der Waals surface area contributed by atoms with E-state index in [-0.39, 0.29) is 0 Å². The molecule has 0 saturated carbocycles. The van der Waals surface area contributed by atoms with Crippen LogP contribution in [0.25, 0.3) is 112 Å². The lowest BCUT2D eigenvalue weighted by Crippen LogP contribution is -2.15. The van der Waals surface area contributed by atoms with E-state index < -0.39 is 0 Å². The molecule has 0 amide bonds. The first kappa shape index (κ1) is 44.6. The van der Waals surface area contributed by atoms with E-state index in [1.807, 2.05) is 0 Å². The molecule has 0 heterocycles. The third-order valence-corrected chi connectivity index (χ3v) is 15.1. The molecule has 74 heavy (non-hydrogen) atoms. The van der Waals surface area contributed by atoms with E-state index in [0.717, 1.165) is 11.1 Å². The van der Waals surface area contributed by atoms with Gasteiger partial charge in [-0.05, 0) is 127 Å². The molecule has 0 nitrogen and oxygen atoms in total. The topological polar surface area (TPSA) is 0 Å². The quantitative estimate of drug-likeness (QED) is 0.0947. The molecule has 0 N–H and O–H groups in total. The average molecular weight is 941 g/mol. The minimum absolute atomic E-state index is 0.290. The zero-order valence-corrected chi connectivity index (χ0v) is 41.0. The van der Waals surface area contributed by atoms with Gasteiger partial charge >= 0.3 is 0 Å². The summed E-state index contributed by atoms with van der Waals surface area (Å²) in [4.78, 5) is 0. The summed E-state index contributed by atoms with van der Waals surface area (Å²) in [7, 11) is 0. The van der Waals surface area contributed by atoms with Crippen LogP contribution in [-0.4, -0.2) is 0 Å². The van der Waals surface area contributed by atoms with Gasteiger partial charge in [0.25, 0.3) is 0 Å². The minimum atomic E-state index is 0.290. The molecule has 11 aromatic carbocycles. The first-order valence-electron chi connectivity index (χ1n) is 25.8.